The van der Waals surface area contributed by atoms with Crippen LogP contribution in [0, 0.1) is 29.6 Å². The molecule has 0 aliphatic carbocycles. The molecule has 466 valence electrons. The average Bonchev–Trinajstić information content (AvgIpc) is 3.57. The molecule has 11 amide bonds. The van der Waals surface area contributed by atoms with Crippen LogP contribution >= 0.6 is 0 Å². The molecule has 2 rings (SSSR count). The Bertz CT molecular complexity index is 2380. The van der Waals surface area contributed by atoms with Gasteiger partial charge in [-0.2, -0.15) is 0 Å². The maximum absolute atomic E-state index is 14.3. The molecule has 1 fully saturated rings. The SMILES string of the molecule is CC[C@H](Cc1ccccc1)C(=O)N[C@H](C(=O)N[C@@H](CO)C(=O)N[C@H](CCC(N)=O)C(=O)N[C@@H](C(=O)N[C@H](C(=O)N[C@@H](CO)C(=O)N[C@H]1C(=O)N[C@@H](C)C(=O)N[C@@H](CO)C(=O)N[C@@H]([C@@H](C)CC)C(=O)O[C@H]1C)[C@@H](C)CC)[C@H](C)CC)[C@@H](C)CC. The second-order valence-corrected chi connectivity index (χ2v) is 21.4. The number of aliphatic hydroxyl groups is 3. The summed E-state index contributed by atoms with van der Waals surface area (Å²) in [5, 5.41) is 55.6. The second-order valence-electron chi connectivity index (χ2n) is 21.4. The number of carbonyl (C=O) groups is 12. The highest BCUT2D eigenvalue weighted by molar-refractivity contribution is 5.99. The van der Waals surface area contributed by atoms with Gasteiger partial charge in [0.25, 0.3) is 0 Å². The third kappa shape index (κ3) is 22.1. The van der Waals surface area contributed by atoms with E-state index < -0.39 is 200 Å². The number of aliphatic hydroxyl groups excluding tert-OH is 3. The van der Waals surface area contributed by atoms with Crippen molar-refractivity contribution in [2.24, 2.45) is 35.3 Å². The van der Waals surface area contributed by atoms with Crippen LogP contribution in [0.15, 0.2) is 30.3 Å². The van der Waals surface area contributed by atoms with Crippen LogP contribution in [0.4, 0.5) is 0 Å². The number of nitrogens with two attached hydrogens (primary N) is 1. The molecule has 0 radical (unpaired) electrons. The van der Waals surface area contributed by atoms with Crippen LogP contribution in [-0.2, 0) is 68.7 Å². The van der Waals surface area contributed by atoms with Gasteiger partial charge >= 0.3 is 5.97 Å². The number of primary amides is 1. The standard InChI is InChI=1S/C56H91N11O16/c1-12-28(6)41(63-47(73)35(16-5)24-34-20-18-17-19-21-34)52(78)61-37(25-68)49(75)59-36(22-23-40(57)71)48(74)64-43(30(8)14-3)54(80)65-42(29(7)13-2)53(79)62-39(27-70)51(77)67-45-33(11)83-56(82)44(31(9)15-4)66-50(76)38(26-69)60-46(72)32(10)58-55(45)81/h17-21,28-33,35-39,41-45,68-70H,12-16,22-27H2,1-11H3,(H2,57,71)(H,58,81)(H,59,75)(H,60,72)(H,61,78)(H,62,79)(H,63,73)(H,64,74)(H,65,80)(H,66,76)(H,67,77)/t28-,29-,30+,31-,32-,33-,35+,36+,37-,38-,39-,41-,42-,43+,44-,45+/m0/s1. The molecule has 0 aromatic heterocycles. The van der Waals surface area contributed by atoms with E-state index in [4.69, 9.17) is 10.5 Å². The number of benzene rings is 1. The van der Waals surface area contributed by atoms with Crippen LogP contribution in [-0.4, -0.2) is 173 Å². The summed E-state index contributed by atoms with van der Waals surface area (Å²) in [5.41, 5.74) is 6.36. The third-order valence-corrected chi connectivity index (χ3v) is 15.2. The summed E-state index contributed by atoms with van der Waals surface area (Å²) < 4.78 is 5.60. The Hall–Kier alpha value is -7.26. The van der Waals surface area contributed by atoms with E-state index in [9.17, 15) is 72.9 Å². The molecule has 0 unspecified atom stereocenters. The molecule has 0 saturated carbocycles. The van der Waals surface area contributed by atoms with Crippen LogP contribution in [0.2, 0.25) is 0 Å². The highest BCUT2D eigenvalue weighted by Crippen LogP contribution is 2.18. The zero-order valence-electron chi connectivity index (χ0n) is 49.6. The fourth-order valence-corrected chi connectivity index (χ4v) is 8.69. The van der Waals surface area contributed by atoms with Gasteiger partial charge in [0.05, 0.1) is 19.8 Å². The molecule has 16 atom stereocenters. The molecular weight excluding hydrogens is 1080 g/mol. The predicted octanol–water partition coefficient (Wildman–Crippen LogP) is -2.50. The van der Waals surface area contributed by atoms with Crippen molar-refractivity contribution in [3.63, 3.8) is 0 Å². The first-order valence-corrected chi connectivity index (χ1v) is 28.6. The van der Waals surface area contributed by atoms with Gasteiger partial charge in [-0.1, -0.05) is 118 Å². The summed E-state index contributed by atoms with van der Waals surface area (Å²) in [6.07, 6.45) is -0.168. The Balaban J connectivity index is 2.39. The van der Waals surface area contributed by atoms with Gasteiger partial charge in [-0.05, 0) is 62.3 Å². The Labute approximate surface area is 485 Å². The van der Waals surface area contributed by atoms with E-state index in [-0.39, 0.29) is 12.8 Å². The third-order valence-electron chi connectivity index (χ3n) is 15.2. The van der Waals surface area contributed by atoms with Crippen molar-refractivity contribution >= 4 is 70.9 Å². The van der Waals surface area contributed by atoms with Gasteiger partial charge in [0.2, 0.25) is 65.0 Å². The van der Waals surface area contributed by atoms with Crippen molar-refractivity contribution < 1.29 is 77.6 Å². The summed E-state index contributed by atoms with van der Waals surface area (Å²) in [6.45, 7) is 14.9. The van der Waals surface area contributed by atoms with Crippen LogP contribution in [0.5, 0.6) is 0 Å². The summed E-state index contributed by atoms with van der Waals surface area (Å²) >= 11 is 0. The topological polar surface area (TPSA) is 421 Å². The van der Waals surface area contributed by atoms with E-state index in [0.717, 1.165) is 5.56 Å². The molecule has 1 heterocycles. The first-order chi connectivity index (χ1) is 39.2. The van der Waals surface area contributed by atoms with Gasteiger partial charge in [0.1, 0.15) is 66.5 Å². The van der Waals surface area contributed by atoms with Gasteiger partial charge in [-0.25, -0.2) is 4.79 Å². The zero-order chi connectivity index (χ0) is 62.8. The first kappa shape index (κ1) is 71.8. The molecule has 1 aliphatic rings. The van der Waals surface area contributed by atoms with Gasteiger partial charge < -0.3 is 79.0 Å². The van der Waals surface area contributed by atoms with E-state index in [2.05, 4.69) is 53.2 Å². The summed E-state index contributed by atoms with van der Waals surface area (Å²) in [7, 11) is 0. The molecule has 0 spiro atoms. The fourth-order valence-electron chi connectivity index (χ4n) is 8.69. The average molecular weight is 1170 g/mol. The van der Waals surface area contributed by atoms with Gasteiger partial charge in [0, 0.05) is 12.3 Å². The second kappa shape index (κ2) is 35.7. The Morgan fingerprint density at radius 1 is 0.566 bits per heavy atom. The van der Waals surface area contributed by atoms with E-state index >= 15 is 0 Å². The Morgan fingerprint density at radius 3 is 1.51 bits per heavy atom. The van der Waals surface area contributed by atoms with Crippen molar-refractivity contribution in [1.29, 1.82) is 0 Å². The largest absolute Gasteiger partial charge is 0.458 e. The van der Waals surface area contributed by atoms with Crippen molar-refractivity contribution in [2.45, 2.75) is 194 Å². The number of hydrogen-bond donors (Lipinski definition) is 14. The number of rotatable bonds is 31. The van der Waals surface area contributed by atoms with Gasteiger partial charge in [0.15, 0.2) is 0 Å². The quantitative estimate of drug-likeness (QED) is 0.0342. The van der Waals surface area contributed by atoms with Gasteiger partial charge in [-0.3, -0.25) is 52.7 Å². The molecule has 27 nitrogen and oxygen atoms in total. The molecule has 0 bridgehead atoms. The number of esters is 1. The normalized spacial score (nSPS) is 21.7. The lowest BCUT2D eigenvalue weighted by Crippen LogP contribution is -2.63. The van der Waals surface area contributed by atoms with Crippen LogP contribution in [0.3, 0.4) is 0 Å². The molecule has 1 aliphatic heterocycles. The Morgan fingerprint density at radius 2 is 1.04 bits per heavy atom. The first-order valence-electron chi connectivity index (χ1n) is 28.6. The molecule has 27 heteroatoms. The smallest absolute Gasteiger partial charge is 0.329 e. The number of hydrogen-bond acceptors (Lipinski definition) is 16. The minimum absolute atomic E-state index is 0.254. The highest BCUT2D eigenvalue weighted by Gasteiger charge is 2.41. The minimum Gasteiger partial charge on any atom is -0.458 e. The molecule has 83 heavy (non-hydrogen) atoms. The lowest BCUT2D eigenvalue weighted by molar-refractivity contribution is -0.157. The van der Waals surface area contributed by atoms with Gasteiger partial charge in [-0.15, -0.1) is 0 Å². The maximum Gasteiger partial charge on any atom is 0.329 e. The zero-order valence-corrected chi connectivity index (χ0v) is 49.6. The molecule has 1 aromatic rings. The predicted molar refractivity (Wildman–Crippen MR) is 302 cm³/mol. The fraction of sp³-hybridized carbons (Fsp3) is 0.679. The monoisotopic (exact) mass is 1170 g/mol. The molecule has 1 saturated heterocycles. The highest BCUT2D eigenvalue weighted by atomic mass is 16.5. The molecule has 15 N–H and O–H groups in total. The lowest BCUT2D eigenvalue weighted by Gasteiger charge is -2.31. The number of cyclic esters (lactones) is 1. The van der Waals surface area contributed by atoms with Crippen molar-refractivity contribution in [2.75, 3.05) is 19.8 Å². The minimum atomic E-state index is -1.82. The van der Waals surface area contributed by atoms with E-state index in [1.165, 1.54) is 13.8 Å². The number of carbonyl (C=O) groups excluding carboxylic acids is 12. The number of amides is 11. The number of ether oxygens (including phenoxy) is 1. The summed E-state index contributed by atoms with van der Waals surface area (Å²) in [5.74, 6) is -13.9. The van der Waals surface area contributed by atoms with Crippen LogP contribution in [0.1, 0.15) is 127 Å². The van der Waals surface area contributed by atoms with Crippen molar-refractivity contribution in [3.05, 3.63) is 35.9 Å². The van der Waals surface area contributed by atoms with E-state index in [0.29, 0.717) is 25.7 Å². The summed E-state index contributed by atoms with van der Waals surface area (Å²) in [4.78, 5) is 163. The molecule has 1 aromatic carbocycles. The van der Waals surface area contributed by atoms with E-state index in [1.807, 2.05) is 44.2 Å². The number of nitrogens with one attached hydrogen (secondary N) is 10. The van der Waals surface area contributed by atoms with Crippen LogP contribution in [0.25, 0.3) is 0 Å². The maximum atomic E-state index is 14.3. The van der Waals surface area contributed by atoms with Crippen LogP contribution < -0.4 is 58.9 Å². The van der Waals surface area contributed by atoms with Crippen molar-refractivity contribution in [1.82, 2.24) is 53.2 Å². The van der Waals surface area contributed by atoms with Crippen molar-refractivity contribution in [3.8, 4) is 0 Å². The van der Waals surface area contributed by atoms with E-state index in [1.54, 1.807) is 48.5 Å². The Kier molecular flexibility index (Phi) is 30.9. The lowest BCUT2D eigenvalue weighted by atomic mass is 9.93. The molecular formula is C56H91N11O16. The summed E-state index contributed by atoms with van der Waals surface area (Å²) in [6, 6.07) is -5.79.